The molecule has 0 bridgehead atoms. The minimum Gasteiger partial charge on any atom is -0.0625 e. The molecule has 1 aliphatic rings. The molecule has 0 radical (unpaired) electrons. The average Bonchev–Trinajstić information content (AvgIpc) is 2.49. The third-order valence-electron chi connectivity index (χ3n) is 5.38. The molecule has 0 spiro atoms. The molecule has 0 aromatic heterocycles. The monoisotopic (exact) mass is 292 g/mol. The fourth-order valence-corrected chi connectivity index (χ4v) is 4.00. The van der Waals surface area contributed by atoms with Gasteiger partial charge in [-0.1, -0.05) is 61.7 Å². The van der Waals surface area contributed by atoms with Gasteiger partial charge in [-0.2, -0.15) is 0 Å². The summed E-state index contributed by atoms with van der Waals surface area (Å²) >= 11 is 0. The fourth-order valence-electron chi connectivity index (χ4n) is 4.00. The highest BCUT2D eigenvalue weighted by atomic mass is 14.3. The van der Waals surface area contributed by atoms with Gasteiger partial charge in [0.15, 0.2) is 0 Å². The largest absolute Gasteiger partial charge is 0.0625 e. The maximum atomic E-state index is 2.45. The van der Waals surface area contributed by atoms with E-state index in [9.17, 15) is 0 Å². The Kier molecular flexibility index (Phi) is 4.38. The van der Waals surface area contributed by atoms with Gasteiger partial charge in [-0.15, -0.1) is 0 Å². The minimum atomic E-state index is 0.778. The summed E-state index contributed by atoms with van der Waals surface area (Å²) in [7, 11) is 0. The maximum Gasteiger partial charge on any atom is -0.0125 e. The Bertz CT molecular complexity index is 617. The van der Waals surface area contributed by atoms with E-state index in [0.29, 0.717) is 0 Å². The second-order valence-electron chi connectivity index (χ2n) is 7.35. The van der Waals surface area contributed by atoms with Crippen LogP contribution in [-0.4, -0.2) is 0 Å². The Morgan fingerprint density at radius 2 is 1.32 bits per heavy atom. The third-order valence-corrected chi connectivity index (χ3v) is 5.38. The van der Waals surface area contributed by atoms with Crippen LogP contribution in [0.25, 0.3) is 11.1 Å². The highest BCUT2D eigenvalue weighted by Crippen LogP contribution is 2.38. The molecule has 116 valence electrons. The summed E-state index contributed by atoms with van der Waals surface area (Å²) in [5.74, 6) is 1.70. The Balaban J connectivity index is 1.93. The second-order valence-corrected chi connectivity index (χ2v) is 7.35. The van der Waals surface area contributed by atoms with Crippen LogP contribution < -0.4 is 0 Å². The van der Waals surface area contributed by atoms with Crippen molar-refractivity contribution >= 4 is 0 Å². The molecule has 0 heteroatoms. The van der Waals surface area contributed by atoms with E-state index < -0.39 is 0 Å². The first kappa shape index (κ1) is 15.3. The summed E-state index contributed by atoms with van der Waals surface area (Å²) in [6.45, 7) is 9.10. The van der Waals surface area contributed by atoms with Crippen LogP contribution in [0.5, 0.6) is 0 Å². The van der Waals surface area contributed by atoms with Gasteiger partial charge < -0.3 is 0 Å². The zero-order valence-electron chi connectivity index (χ0n) is 14.4. The van der Waals surface area contributed by atoms with Crippen molar-refractivity contribution in [1.29, 1.82) is 0 Å². The summed E-state index contributed by atoms with van der Waals surface area (Å²) in [4.78, 5) is 0. The predicted octanol–water partition coefficient (Wildman–Crippen LogP) is 6.57. The summed E-state index contributed by atoms with van der Waals surface area (Å²) in [5, 5.41) is 0. The van der Waals surface area contributed by atoms with Crippen molar-refractivity contribution in [3.8, 4) is 11.1 Å². The van der Waals surface area contributed by atoms with Crippen LogP contribution >= 0.6 is 0 Å². The lowest BCUT2D eigenvalue weighted by molar-refractivity contribution is 0.348. The van der Waals surface area contributed by atoms with E-state index in [1.54, 1.807) is 5.56 Å². The molecule has 1 saturated carbocycles. The Labute approximate surface area is 135 Å². The first-order chi connectivity index (χ1) is 10.5. The second kappa shape index (κ2) is 6.28. The van der Waals surface area contributed by atoms with Gasteiger partial charge in [0.05, 0.1) is 0 Å². The molecule has 0 nitrogen and oxygen atoms in total. The molecular weight excluding hydrogens is 264 g/mol. The molecule has 0 unspecified atom stereocenters. The van der Waals surface area contributed by atoms with Crippen LogP contribution in [0.4, 0.5) is 0 Å². The lowest BCUT2D eigenvalue weighted by Crippen LogP contribution is -2.11. The lowest BCUT2D eigenvalue weighted by atomic mass is 9.78. The van der Waals surface area contributed by atoms with E-state index in [1.165, 1.54) is 53.5 Å². The molecule has 1 aliphatic carbocycles. The van der Waals surface area contributed by atoms with Crippen molar-refractivity contribution in [3.05, 3.63) is 58.7 Å². The van der Waals surface area contributed by atoms with Crippen LogP contribution in [0.15, 0.2) is 36.4 Å². The topological polar surface area (TPSA) is 0 Å². The Morgan fingerprint density at radius 3 is 1.86 bits per heavy atom. The summed E-state index contributed by atoms with van der Waals surface area (Å²) in [6, 6.07) is 13.8. The van der Waals surface area contributed by atoms with E-state index in [2.05, 4.69) is 64.1 Å². The molecular formula is C22H28. The summed E-state index contributed by atoms with van der Waals surface area (Å²) < 4.78 is 0. The van der Waals surface area contributed by atoms with Gasteiger partial charge in [-0.3, -0.25) is 0 Å². The molecule has 3 rings (SSSR count). The maximum absolute atomic E-state index is 2.45. The normalized spacial score (nSPS) is 21.8. The average molecular weight is 292 g/mol. The van der Waals surface area contributed by atoms with Gasteiger partial charge in [0.2, 0.25) is 0 Å². The van der Waals surface area contributed by atoms with Crippen molar-refractivity contribution in [3.63, 3.8) is 0 Å². The Morgan fingerprint density at radius 1 is 0.773 bits per heavy atom. The standard InChI is InChI=1S/C22H28/c1-15-5-9-19(10-6-15)21-13-17(3)22(18(4)14-21)20-11-7-16(2)8-12-20/h7-8,11-15,19H,5-6,9-10H2,1-4H3. The first-order valence-electron chi connectivity index (χ1n) is 8.73. The zero-order chi connectivity index (χ0) is 15.7. The molecule has 0 atom stereocenters. The Hall–Kier alpha value is -1.56. The van der Waals surface area contributed by atoms with Gasteiger partial charge >= 0.3 is 0 Å². The summed E-state index contributed by atoms with van der Waals surface area (Å²) in [5.41, 5.74) is 8.53. The van der Waals surface area contributed by atoms with E-state index in [4.69, 9.17) is 0 Å². The van der Waals surface area contributed by atoms with Crippen LogP contribution in [-0.2, 0) is 0 Å². The smallest absolute Gasteiger partial charge is 0.0125 e. The fraction of sp³-hybridized carbons (Fsp3) is 0.455. The molecule has 0 amide bonds. The van der Waals surface area contributed by atoms with Crippen molar-refractivity contribution in [2.75, 3.05) is 0 Å². The molecule has 0 N–H and O–H groups in total. The number of rotatable bonds is 2. The molecule has 0 saturated heterocycles. The zero-order valence-corrected chi connectivity index (χ0v) is 14.4. The molecule has 0 heterocycles. The highest BCUT2D eigenvalue weighted by molar-refractivity contribution is 5.71. The van der Waals surface area contributed by atoms with Crippen LogP contribution in [0.2, 0.25) is 0 Å². The van der Waals surface area contributed by atoms with Crippen molar-refractivity contribution < 1.29 is 0 Å². The molecule has 1 fully saturated rings. The van der Waals surface area contributed by atoms with E-state index in [0.717, 1.165) is 11.8 Å². The van der Waals surface area contributed by atoms with E-state index >= 15 is 0 Å². The number of aryl methyl sites for hydroxylation is 3. The minimum absolute atomic E-state index is 0.778. The van der Waals surface area contributed by atoms with Crippen LogP contribution in [0.1, 0.15) is 60.8 Å². The predicted molar refractivity (Wildman–Crippen MR) is 96.5 cm³/mol. The van der Waals surface area contributed by atoms with E-state index in [1.807, 2.05) is 0 Å². The molecule has 2 aromatic rings. The van der Waals surface area contributed by atoms with Crippen molar-refractivity contribution in [1.82, 2.24) is 0 Å². The number of hydrogen-bond acceptors (Lipinski definition) is 0. The molecule has 22 heavy (non-hydrogen) atoms. The quantitative estimate of drug-likeness (QED) is 0.587. The van der Waals surface area contributed by atoms with Crippen molar-refractivity contribution in [2.45, 2.75) is 59.3 Å². The van der Waals surface area contributed by atoms with E-state index in [-0.39, 0.29) is 0 Å². The van der Waals surface area contributed by atoms with Gasteiger partial charge in [0.1, 0.15) is 0 Å². The van der Waals surface area contributed by atoms with Gasteiger partial charge in [0, 0.05) is 0 Å². The SMILES string of the molecule is Cc1ccc(-c2c(C)cc(C3CCC(C)CC3)cc2C)cc1. The molecule has 0 aliphatic heterocycles. The highest BCUT2D eigenvalue weighted by Gasteiger charge is 2.21. The lowest BCUT2D eigenvalue weighted by Gasteiger charge is -2.27. The summed E-state index contributed by atoms with van der Waals surface area (Å²) in [6.07, 6.45) is 5.51. The van der Waals surface area contributed by atoms with Crippen LogP contribution in [0, 0.1) is 26.7 Å². The first-order valence-corrected chi connectivity index (χ1v) is 8.73. The van der Waals surface area contributed by atoms with Gasteiger partial charge in [-0.25, -0.2) is 0 Å². The van der Waals surface area contributed by atoms with Gasteiger partial charge in [-0.05, 0) is 73.3 Å². The number of hydrogen-bond donors (Lipinski definition) is 0. The van der Waals surface area contributed by atoms with Crippen molar-refractivity contribution in [2.24, 2.45) is 5.92 Å². The number of benzene rings is 2. The third kappa shape index (κ3) is 3.11. The van der Waals surface area contributed by atoms with Crippen LogP contribution in [0.3, 0.4) is 0 Å². The van der Waals surface area contributed by atoms with Gasteiger partial charge in [0.25, 0.3) is 0 Å². The molecule has 2 aromatic carbocycles.